The lowest BCUT2D eigenvalue weighted by molar-refractivity contribution is 1.22. The van der Waals surface area contributed by atoms with E-state index in [0.29, 0.717) is 0 Å². The Morgan fingerprint density at radius 3 is 2.32 bits per heavy atom. The first-order valence-electron chi connectivity index (χ1n) is 6.94. The number of aromatic nitrogens is 2. The second-order valence-corrected chi connectivity index (χ2v) is 6.27. The lowest BCUT2D eigenvalue weighted by Crippen LogP contribution is -1.82. The number of rotatable bonds is 2. The molecule has 4 aromatic rings. The molecule has 0 aliphatic heterocycles. The molecule has 4 heteroatoms. The van der Waals surface area contributed by atoms with Crippen LogP contribution < -0.4 is 0 Å². The number of fused-ring (bicyclic) bond motifs is 1. The van der Waals surface area contributed by atoms with E-state index >= 15 is 0 Å². The summed E-state index contributed by atoms with van der Waals surface area (Å²) in [6.07, 6.45) is 1.66. The van der Waals surface area contributed by atoms with Gasteiger partial charge in [0.25, 0.3) is 0 Å². The Balaban J connectivity index is 1.82. The van der Waals surface area contributed by atoms with Crippen LogP contribution in [0.5, 0.6) is 0 Å². The number of thiophene rings is 1. The number of benzene rings is 2. The molecule has 0 atom stereocenters. The van der Waals surface area contributed by atoms with Gasteiger partial charge in [-0.05, 0) is 16.7 Å². The lowest BCUT2D eigenvalue weighted by Gasteiger charge is -2.04. The van der Waals surface area contributed by atoms with Crippen LogP contribution in [-0.4, -0.2) is 9.97 Å². The Kier molecular flexibility index (Phi) is 3.33. The van der Waals surface area contributed by atoms with E-state index in [1.807, 2.05) is 6.07 Å². The van der Waals surface area contributed by atoms with E-state index in [1.54, 1.807) is 17.7 Å². The molecule has 4 rings (SSSR count). The minimum absolute atomic E-state index is 0.744. The Bertz CT molecular complexity index is 983. The van der Waals surface area contributed by atoms with Crippen molar-refractivity contribution in [2.45, 2.75) is 0 Å². The molecule has 2 aromatic heterocycles. The number of nitrogens with one attached hydrogen (secondary N) is 1. The number of aromatic amines is 1. The molecular weight excluding hydrogens is 308 g/mol. The summed E-state index contributed by atoms with van der Waals surface area (Å²) in [7, 11) is 0. The zero-order valence-corrected chi connectivity index (χ0v) is 13.2. The molecule has 0 aliphatic carbocycles. The Labute approximate surface area is 137 Å². The lowest BCUT2D eigenvalue weighted by atomic mass is 10.0. The van der Waals surface area contributed by atoms with Gasteiger partial charge in [0.2, 0.25) is 0 Å². The van der Waals surface area contributed by atoms with E-state index in [2.05, 4.69) is 63.9 Å². The van der Waals surface area contributed by atoms with Gasteiger partial charge in [0.1, 0.15) is 9.47 Å². The van der Waals surface area contributed by atoms with Crippen LogP contribution in [0.1, 0.15) is 0 Å². The number of nitrogens with zero attached hydrogens (tertiary/aromatic N) is 1. The zero-order chi connectivity index (χ0) is 14.9. The molecule has 2 nitrogen and oxygen atoms in total. The van der Waals surface area contributed by atoms with Gasteiger partial charge in [-0.25, -0.2) is 4.98 Å². The third-order valence-corrected chi connectivity index (χ3v) is 4.89. The van der Waals surface area contributed by atoms with Crippen molar-refractivity contribution in [2.24, 2.45) is 0 Å². The second kappa shape index (κ2) is 5.48. The molecule has 2 heterocycles. The zero-order valence-electron chi connectivity index (χ0n) is 11.6. The van der Waals surface area contributed by atoms with Crippen molar-refractivity contribution in [1.29, 1.82) is 0 Å². The highest BCUT2D eigenvalue weighted by atomic mass is 32.1. The van der Waals surface area contributed by atoms with Gasteiger partial charge in [-0.15, -0.1) is 11.3 Å². The van der Waals surface area contributed by atoms with Crippen LogP contribution in [0.3, 0.4) is 0 Å². The minimum atomic E-state index is 0.744. The fourth-order valence-corrected chi connectivity index (χ4v) is 3.82. The average molecular weight is 320 g/mol. The first kappa shape index (κ1) is 13.4. The molecule has 2 aromatic carbocycles. The summed E-state index contributed by atoms with van der Waals surface area (Å²) < 4.78 is 0.744. The molecule has 1 N–H and O–H groups in total. The fourth-order valence-electron chi connectivity index (χ4n) is 2.57. The Morgan fingerprint density at radius 1 is 0.864 bits per heavy atom. The molecule has 106 valence electrons. The standard InChI is InChI=1S/C18H12N2S2/c21-17-16-15(10-22-18(16)20-11-19-17)14-8-6-13(7-9-14)12-4-2-1-3-5-12/h1-11H,(H,19,20,21). The molecular formula is C18H12N2S2. The molecule has 0 aliphatic rings. The van der Waals surface area contributed by atoms with Crippen LogP contribution in [0.4, 0.5) is 0 Å². The Morgan fingerprint density at radius 2 is 1.55 bits per heavy atom. The van der Waals surface area contributed by atoms with Gasteiger partial charge in [-0.3, -0.25) is 0 Å². The van der Waals surface area contributed by atoms with Crippen LogP contribution in [0, 0.1) is 4.64 Å². The largest absolute Gasteiger partial charge is 0.337 e. The summed E-state index contributed by atoms with van der Waals surface area (Å²) in [6, 6.07) is 19.0. The summed E-state index contributed by atoms with van der Waals surface area (Å²) in [5, 5.41) is 3.16. The summed E-state index contributed by atoms with van der Waals surface area (Å²) in [6.45, 7) is 0. The predicted molar refractivity (Wildman–Crippen MR) is 95.7 cm³/mol. The topological polar surface area (TPSA) is 28.7 Å². The van der Waals surface area contributed by atoms with Crippen molar-refractivity contribution in [3.63, 3.8) is 0 Å². The first-order valence-corrected chi connectivity index (χ1v) is 8.22. The van der Waals surface area contributed by atoms with Gasteiger partial charge < -0.3 is 4.98 Å². The number of hydrogen-bond donors (Lipinski definition) is 1. The SMILES string of the molecule is S=c1[nH]cnc2scc(-c3ccc(-c4ccccc4)cc3)c12. The van der Waals surface area contributed by atoms with Crippen LogP contribution in [-0.2, 0) is 0 Å². The average Bonchev–Trinajstić information content (AvgIpc) is 3.01. The van der Waals surface area contributed by atoms with Gasteiger partial charge in [0, 0.05) is 10.9 Å². The van der Waals surface area contributed by atoms with Crippen LogP contribution in [0.25, 0.3) is 32.5 Å². The summed E-state index contributed by atoms with van der Waals surface area (Å²) in [5.74, 6) is 0. The van der Waals surface area contributed by atoms with E-state index < -0.39 is 0 Å². The monoisotopic (exact) mass is 320 g/mol. The molecule has 22 heavy (non-hydrogen) atoms. The minimum Gasteiger partial charge on any atom is -0.337 e. The fraction of sp³-hybridized carbons (Fsp3) is 0. The summed E-state index contributed by atoms with van der Waals surface area (Å²) in [5.41, 5.74) is 4.75. The maximum absolute atomic E-state index is 5.41. The maximum atomic E-state index is 5.41. The van der Waals surface area contributed by atoms with Crippen LogP contribution in [0.15, 0.2) is 66.3 Å². The van der Waals surface area contributed by atoms with Gasteiger partial charge >= 0.3 is 0 Å². The van der Waals surface area contributed by atoms with E-state index in [-0.39, 0.29) is 0 Å². The Hall–Kier alpha value is -2.30. The molecule has 0 unspecified atom stereocenters. The highest BCUT2D eigenvalue weighted by Crippen LogP contribution is 2.34. The molecule has 0 saturated heterocycles. The molecule has 0 amide bonds. The van der Waals surface area contributed by atoms with Gasteiger partial charge in [0.05, 0.1) is 11.7 Å². The van der Waals surface area contributed by atoms with E-state index in [9.17, 15) is 0 Å². The second-order valence-electron chi connectivity index (χ2n) is 5.00. The van der Waals surface area contributed by atoms with E-state index in [4.69, 9.17) is 12.2 Å². The number of hydrogen-bond acceptors (Lipinski definition) is 3. The molecule has 0 radical (unpaired) electrons. The van der Waals surface area contributed by atoms with Crippen molar-refractivity contribution in [2.75, 3.05) is 0 Å². The van der Waals surface area contributed by atoms with Gasteiger partial charge in [0.15, 0.2) is 0 Å². The van der Waals surface area contributed by atoms with Crippen LogP contribution >= 0.6 is 23.6 Å². The summed E-state index contributed by atoms with van der Waals surface area (Å²) in [4.78, 5) is 8.35. The van der Waals surface area contributed by atoms with Gasteiger partial charge in [-0.2, -0.15) is 0 Å². The molecule has 0 fully saturated rings. The third kappa shape index (κ3) is 2.26. The third-order valence-electron chi connectivity index (χ3n) is 3.68. The van der Waals surface area contributed by atoms with Crippen molar-refractivity contribution in [3.05, 3.63) is 70.9 Å². The van der Waals surface area contributed by atoms with Crippen molar-refractivity contribution in [3.8, 4) is 22.3 Å². The first-order chi connectivity index (χ1) is 10.8. The summed E-state index contributed by atoms with van der Waals surface area (Å²) >= 11 is 7.03. The van der Waals surface area contributed by atoms with E-state index in [1.165, 1.54) is 16.7 Å². The normalized spacial score (nSPS) is 10.9. The predicted octanol–water partition coefficient (Wildman–Crippen LogP) is 5.69. The molecule has 0 saturated carbocycles. The highest BCUT2D eigenvalue weighted by Gasteiger charge is 2.09. The molecule has 0 bridgehead atoms. The van der Waals surface area contributed by atoms with Gasteiger partial charge in [-0.1, -0.05) is 66.8 Å². The van der Waals surface area contributed by atoms with Crippen molar-refractivity contribution in [1.82, 2.24) is 9.97 Å². The highest BCUT2D eigenvalue weighted by molar-refractivity contribution is 7.71. The van der Waals surface area contributed by atoms with E-state index in [0.717, 1.165) is 20.4 Å². The quantitative estimate of drug-likeness (QED) is 0.481. The van der Waals surface area contributed by atoms with Crippen molar-refractivity contribution >= 4 is 33.8 Å². The van der Waals surface area contributed by atoms with Crippen molar-refractivity contribution < 1.29 is 0 Å². The van der Waals surface area contributed by atoms with Crippen LogP contribution in [0.2, 0.25) is 0 Å². The number of H-pyrrole nitrogens is 1. The maximum Gasteiger partial charge on any atom is 0.128 e. The smallest absolute Gasteiger partial charge is 0.128 e. The molecule has 0 spiro atoms.